The van der Waals surface area contributed by atoms with Gasteiger partial charge in [-0.15, -0.1) is 0 Å². The summed E-state index contributed by atoms with van der Waals surface area (Å²) in [7, 11) is 0. The lowest BCUT2D eigenvalue weighted by atomic mass is 10.2. The second-order valence-electron chi connectivity index (χ2n) is 4.33. The van der Waals surface area contributed by atoms with Crippen molar-refractivity contribution in [3.8, 4) is 0 Å². The summed E-state index contributed by atoms with van der Waals surface area (Å²) >= 11 is 5.81. The second kappa shape index (κ2) is 6.23. The molecule has 0 aliphatic rings. The lowest BCUT2D eigenvalue weighted by molar-refractivity contribution is 0.0698. The van der Waals surface area contributed by atoms with Crippen LogP contribution in [0.1, 0.15) is 15.9 Å². The summed E-state index contributed by atoms with van der Waals surface area (Å²) in [5.41, 5.74) is 1.47. The number of carboxylic acid groups (broad SMARTS) is 1. The van der Waals surface area contributed by atoms with E-state index in [0.717, 1.165) is 5.56 Å². The minimum absolute atomic E-state index is 0.0445. The minimum atomic E-state index is -1.15. The Kier molecular flexibility index (Phi) is 4.39. The maximum atomic E-state index is 11.9. The van der Waals surface area contributed by atoms with E-state index in [1.165, 1.54) is 24.4 Å². The van der Waals surface area contributed by atoms with Gasteiger partial charge in [-0.2, -0.15) is 0 Å². The van der Waals surface area contributed by atoms with Crippen LogP contribution in [0, 0.1) is 6.92 Å². The van der Waals surface area contributed by atoms with Crippen LogP contribution >= 0.6 is 11.6 Å². The highest BCUT2D eigenvalue weighted by Gasteiger charge is 2.13. The van der Waals surface area contributed by atoms with E-state index in [1.54, 1.807) is 12.3 Å². The standard InChI is InChI=1S/C14H12ClN3O3/c1-8-4-10(7-16-6-8)17-14(21)18-12-5-9(15)2-3-11(12)13(19)20/h2-7H,1H3,(H,19,20)(H2,17,18,21). The van der Waals surface area contributed by atoms with Gasteiger partial charge in [0.1, 0.15) is 0 Å². The molecule has 0 aliphatic carbocycles. The van der Waals surface area contributed by atoms with Gasteiger partial charge in [-0.05, 0) is 36.8 Å². The molecule has 1 heterocycles. The van der Waals surface area contributed by atoms with E-state index in [2.05, 4.69) is 15.6 Å². The number of hydrogen-bond acceptors (Lipinski definition) is 3. The fourth-order valence-corrected chi connectivity index (χ4v) is 1.89. The molecule has 0 radical (unpaired) electrons. The predicted molar refractivity (Wildman–Crippen MR) is 80.0 cm³/mol. The molecule has 2 amide bonds. The first-order chi connectivity index (χ1) is 9.95. The number of nitrogens with one attached hydrogen (secondary N) is 2. The maximum absolute atomic E-state index is 11.9. The number of rotatable bonds is 3. The normalized spacial score (nSPS) is 10.0. The van der Waals surface area contributed by atoms with E-state index >= 15 is 0 Å². The molecule has 3 N–H and O–H groups in total. The Bertz CT molecular complexity index is 704. The van der Waals surface area contributed by atoms with Crippen LogP contribution in [0.5, 0.6) is 0 Å². The van der Waals surface area contributed by atoms with E-state index in [4.69, 9.17) is 16.7 Å². The number of pyridine rings is 1. The Balaban J connectivity index is 2.16. The number of aromatic carboxylic acids is 1. The zero-order chi connectivity index (χ0) is 15.4. The number of urea groups is 1. The molecule has 7 heteroatoms. The molecule has 2 aromatic rings. The maximum Gasteiger partial charge on any atom is 0.337 e. The Morgan fingerprint density at radius 3 is 2.62 bits per heavy atom. The molecule has 2 rings (SSSR count). The number of aromatic nitrogens is 1. The molecule has 0 fully saturated rings. The molecule has 21 heavy (non-hydrogen) atoms. The highest BCUT2D eigenvalue weighted by molar-refractivity contribution is 6.31. The smallest absolute Gasteiger partial charge is 0.337 e. The summed E-state index contributed by atoms with van der Waals surface area (Å²) in [6.07, 6.45) is 3.14. The monoisotopic (exact) mass is 305 g/mol. The van der Waals surface area contributed by atoms with Crippen molar-refractivity contribution in [1.29, 1.82) is 0 Å². The summed E-state index contributed by atoms with van der Waals surface area (Å²) in [4.78, 5) is 26.9. The van der Waals surface area contributed by atoms with Crippen molar-refractivity contribution in [2.45, 2.75) is 6.92 Å². The van der Waals surface area contributed by atoms with E-state index < -0.39 is 12.0 Å². The Morgan fingerprint density at radius 2 is 1.95 bits per heavy atom. The second-order valence-corrected chi connectivity index (χ2v) is 4.76. The third kappa shape index (κ3) is 3.93. The summed E-state index contributed by atoms with van der Waals surface area (Å²) in [6, 6.07) is 5.31. The molecule has 0 unspecified atom stereocenters. The molecule has 0 aliphatic heterocycles. The molecule has 0 atom stereocenters. The van der Waals surface area contributed by atoms with Crippen LogP contribution in [-0.4, -0.2) is 22.1 Å². The molecule has 1 aromatic carbocycles. The average molecular weight is 306 g/mol. The number of nitrogens with zero attached hydrogens (tertiary/aromatic N) is 1. The third-order valence-electron chi connectivity index (χ3n) is 2.59. The fraction of sp³-hybridized carbons (Fsp3) is 0.0714. The van der Waals surface area contributed by atoms with Gasteiger partial charge in [0.25, 0.3) is 0 Å². The van der Waals surface area contributed by atoms with Gasteiger partial charge in [-0.3, -0.25) is 4.98 Å². The number of benzene rings is 1. The van der Waals surface area contributed by atoms with Gasteiger partial charge < -0.3 is 15.7 Å². The van der Waals surface area contributed by atoms with Gasteiger partial charge in [-0.25, -0.2) is 9.59 Å². The number of carboxylic acids is 1. The molecule has 0 bridgehead atoms. The molecule has 0 saturated heterocycles. The van der Waals surface area contributed by atoms with Gasteiger partial charge >= 0.3 is 12.0 Å². The third-order valence-corrected chi connectivity index (χ3v) is 2.83. The van der Waals surface area contributed by atoms with Gasteiger partial charge in [0.2, 0.25) is 0 Å². The summed E-state index contributed by atoms with van der Waals surface area (Å²) in [6.45, 7) is 1.84. The lowest BCUT2D eigenvalue weighted by Crippen LogP contribution is -2.21. The Hall–Kier alpha value is -2.60. The van der Waals surface area contributed by atoms with Crippen LogP contribution in [0.25, 0.3) is 0 Å². The van der Waals surface area contributed by atoms with Crippen LogP contribution < -0.4 is 10.6 Å². The van der Waals surface area contributed by atoms with Crippen molar-refractivity contribution in [2.75, 3.05) is 10.6 Å². The number of carbonyl (C=O) groups is 2. The molecular formula is C14H12ClN3O3. The van der Waals surface area contributed by atoms with Crippen molar-refractivity contribution < 1.29 is 14.7 Å². The predicted octanol–water partition coefficient (Wildman–Crippen LogP) is 3.39. The van der Waals surface area contributed by atoms with Crippen LogP contribution in [0.15, 0.2) is 36.7 Å². The molecular weight excluding hydrogens is 294 g/mol. The number of hydrogen-bond donors (Lipinski definition) is 3. The zero-order valence-electron chi connectivity index (χ0n) is 11.1. The SMILES string of the molecule is Cc1cncc(NC(=O)Nc2cc(Cl)ccc2C(=O)O)c1. The first-order valence-electron chi connectivity index (χ1n) is 5.98. The topological polar surface area (TPSA) is 91.3 Å². The van der Waals surface area contributed by atoms with Gasteiger partial charge in [0.15, 0.2) is 0 Å². The fourth-order valence-electron chi connectivity index (χ4n) is 1.71. The minimum Gasteiger partial charge on any atom is -0.478 e. The number of halogens is 1. The first-order valence-corrected chi connectivity index (χ1v) is 6.36. The van der Waals surface area contributed by atoms with Gasteiger partial charge in [0, 0.05) is 11.2 Å². The van der Waals surface area contributed by atoms with Crippen molar-refractivity contribution >= 4 is 35.0 Å². The number of amides is 2. The quantitative estimate of drug-likeness (QED) is 0.810. The highest BCUT2D eigenvalue weighted by Crippen LogP contribution is 2.21. The summed E-state index contributed by atoms with van der Waals surface area (Å²) in [5.74, 6) is -1.15. The Labute approximate surface area is 125 Å². The van der Waals surface area contributed by atoms with Gasteiger partial charge in [-0.1, -0.05) is 11.6 Å². The summed E-state index contributed by atoms with van der Waals surface area (Å²) in [5, 5.41) is 14.4. The largest absolute Gasteiger partial charge is 0.478 e. The molecule has 6 nitrogen and oxygen atoms in total. The molecule has 0 saturated carbocycles. The molecule has 108 valence electrons. The van der Waals surface area contributed by atoms with Crippen molar-refractivity contribution in [1.82, 2.24) is 4.98 Å². The zero-order valence-corrected chi connectivity index (χ0v) is 11.8. The van der Waals surface area contributed by atoms with Crippen molar-refractivity contribution in [2.24, 2.45) is 0 Å². The molecule has 0 spiro atoms. The van der Waals surface area contributed by atoms with Crippen LogP contribution in [0.4, 0.5) is 16.2 Å². The van der Waals surface area contributed by atoms with Crippen LogP contribution in [0.2, 0.25) is 5.02 Å². The molecule has 1 aromatic heterocycles. The first kappa shape index (κ1) is 14.8. The van der Waals surface area contributed by atoms with E-state index in [0.29, 0.717) is 10.7 Å². The Morgan fingerprint density at radius 1 is 1.19 bits per heavy atom. The number of aryl methyl sites for hydroxylation is 1. The average Bonchev–Trinajstić information content (AvgIpc) is 2.38. The van der Waals surface area contributed by atoms with Crippen molar-refractivity contribution in [3.05, 3.63) is 52.8 Å². The van der Waals surface area contributed by atoms with Gasteiger partial charge in [0.05, 0.1) is 23.1 Å². The lowest BCUT2D eigenvalue weighted by Gasteiger charge is -2.10. The van der Waals surface area contributed by atoms with E-state index in [9.17, 15) is 9.59 Å². The number of anilines is 2. The number of carbonyl (C=O) groups excluding carboxylic acids is 1. The summed E-state index contributed by atoms with van der Waals surface area (Å²) < 4.78 is 0. The van der Waals surface area contributed by atoms with E-state index in [1.807, 2.05) is 6.92 Å². The van der Waals surface area contributed by atoms with Crippen LogP contribution in [0.3, 0.4) is 0 Å². The van der Waals surface area contributed by atoms with Crippen LogP contribution in [-0.2, 0) is 0 Å². The van der Waals surface area contributed by atoms with Crippen molar-refractivity contribution in [3.63, 3.8) is 0 Å². The highest BCUT2D eigenvalue weighted by atomic mass is 35.5. The van der Waals surface area contributed by atoms with E-state index in [-0.39, 0.29) is 11.3 Å².